The first-order valence-corrected chi connectivity index (χ1v) is 6.30. The maximum absolute atomic E-state index is 5.80. The molecule has 1 heteroatoms. The third kappa shape index (κ3) is 2.83. The smallest absolute Gasteiger partial charge is 0.134 e. The molecule has 3 aromatic rings. The van der Waals surface area contributed by atoms with Gasteiger partial charge >= 0.3 is 0 Å². The van der Waals surface area contributed by atoms with E-state index in [-0.39, 0.29) is 0 Å². The molecule has 0 N–H and O–H groups in total. The minimum Gasteiger partial charge on any atom is -0.457 e. The fourth-order valence-electron chi connectivity index (χ4n) is 1.94. The average molecular weight is 246 g/mol. The zero-order valence-corrected chi connectivity index (χ0v) is 10.5. The normalized spacial score (nSPS) is 10.9. The van der Waals surface area contributed by atoms with E-state index in [0.29, 0.717) is 0 Å². The molecule has 92 valence electrons. The Balaban J connectivity index is 1.81. The van der Waals surface area contributed by atoms with Crippen LogP contribution in [-0.4, -0.2) is 0 Å². The van der Waals surface area contributed by atoms with E-state index in [9.17, 15) is 0 Å². The van der Waals surface area contributed by atoms with Gasteiger partial charge in [0.05, 0.1) is 0 Å². The summed E-state index contributed by atoms with van der Waals surface area (Å²) >= 11 is 0. The topological polar surface area (TPSA) is 13.1 Å². The van der Waals surface area contributed by atoms with Crippen LogP contribution in [0.1, 0.15) is 11.3 Å². The summed E-state index contributed by atoms with van der Waals surface area (Å²) in [5, 5.41) is 0. The van der Waals surface area contributed by atoms with Crippen LogP contribution in [0.4, 0.5) is 0 Å². The molecule has 1 heterocycles. The summed E-state index contributed by atoms with van der Waals surface area (Å²) in [5.41, 5.74) is 2.27. The first-order chi connectivity index (χ1) is 9.42. The van der Waals surface area contributed by atoms with E-state index in [1.807, 2.05) is 72.8 Å². The summed E-state index contributed by atoms with van der Waals surface area (Å²) in [6.45, 7) is 0. The van der Waals surface area contributed by atoms with Crippen LogP contribution in [0, 0.1) is 0 Å². The Hall–Kier alpha value is -2.54. The van der Waals surface area contributed by atoms with Gasteiger partial charge in [-0.1, -0.05) is 66.7 Å². The number of rotatable bonds is 3. The van der Waals surface area contributed by atoms with Gasteiger partial charge in [0, 0.05) is 5.56 Å². The minimum absolute atomic E-state index is 0.864. The molecule has 0 spiro atoms. The molecule has 0 unspecified atom stereocenters. The van der Waals surface area contributed by atoms with Crippen LogP contribution in [0.15, 0.2) is 77.2 Å². The molecule has 0 aliphatic rings. The minimum atomic E-state index is 0.864. The van der Waals surface area contributed by atoms with Crippen molar-refractivity contribution in [2.45, 2.75) is 0 Å². The lowest BCUT2D eigenvalue weighted by molar-refractivity contribution is 0.572. The Morgan fingerprint density at radius 2 is 1.32 bits per heavy atom. The third-order valence-electron chi connectivity index (χ3n) is 2.92. The molecule has 1 nitrogen and oxygen atoms in total. The van der Waals surface area contributed by atoms with Gasteiger partial charge in [-0.25, -0.2) is 0 Å². The SMILES string of the molecule is C(=Cc1ccc(-c2ccccc2)o1)c1ccccc1. The predicted octanol–water partition coefficient (Wildman–Crippen LogP) is 5.12. The zero-order chi connectivity index (χ0) is 12.9. The largest absolute Gasteiger partial charge is 0.457 e. The van der Waals surface area contributed by atoms with E-state index < -0.39 is 0 Å². The lowest BCUT2D eigenvalue weighted by atomic mass is 10.2. The highest BCUT2D eigenvalue weighted by Gasteiger charge is 2.01. The van der Waals surface area contributed by atoms with Crippen LogP contribution in [-0.2, 0) is 0 Å². The van der Waals surface area contributed by atoms with Gasteiger partial charge < -0.3 is 4.42 Å². The molecular weight excluding hydrogens is 232 g/mol. The van der Waals surface area contributed by atoms with Gasteiger partial charge in [0.25, 0.3) is 0 Å². The van der Waals surface area contributed by atoms with E-state index in [0.717, 1.165) is 17.1 Å². The highest BCUT2D eigenvalue weighted by atomic mass is 16.3. The lowest BCUT2D eigenvalue weighted by Gasteiger charge is -1.94. The van der Waals surface area contributed by atoms with Crippen LogP contribution in [0.2, 0.25) is 0 Å². The second-order valence-electron chi connectivity index (χ2n) is 4.31. The predicted molar refractivity (Wildman–Crippen MR) is 79.5 cm³/mol. The first kappa shape index (κ1) is 11.5. The van der Waals surface area contributed by atoms with Crippen molar-refractivity contribution in [2.24, 2.45) is 0 Å². The van der Waals surface area contributed by atoms with Crippen molar-refractivity contribution < 1.29 is 4.42 Å². The van der Waals surface area contributed by atoms with Crippen molar-refractivity contribution in [3.63, 3.8) is 0 Å². The monoisotopic (exact) mass is 246 g/mol. The van der Waals surface area contributed by atoms with Crippen LogP contribution in [0.5, 0.6) is 0 Å². The highest BCUT2D eigenvalue weighted by molar-refractivity contribution is 5.69. The first-order valence-electron chi connectivity index (χ1n) is 6.30. The molecular formula is C18H14O. The summed E-state index contributed by atoms with van der Waals surface area (Å²) in [4.78, 5) is 0. The quantitative estimate of drug-likeness (QED) is 0.625. The fourth-order valence-corrected chi connectivity index (χ4v) is 1.94. The van der Waals surface area contributed by atoms with Gasteiger partial charge in [-0.2, -0.15) is 0 Å². The van der Waals surface area contributed by atoms with Gasteiger partial charge in [0.15, 0.2) is 0 Å². The number of hydrogen-bond acceptors (Lipinski definition) is 1. The third-order valence-corrected chi connectivity index (χ3v) is 2.92. The van der Waals surface area contributed by atoms with E-state index in [1.54, 1.807) is 0 Å². The summed E-state index contributed by atoms with van der Waals surface area (Å²) in [6.07, 6.45) is 4.04. The van der Waals surface area contributed by atoms with E-state index in [4.69, 9.17) is 4.42 Å². The molecule has 19 heavy (non-hydrogen) atoms. The summed E-state index contributed by atoms with van der Waals surface area (Å²) in [5.74, 6) is 1.76. The molecule has 0 amide bonds. The van der Waals surface area contributed by atoms with Crippen molar-refractivity contribution >= 4 is 12.2 Å². The number of hydrogen-bond donors (Lipinski definition) is 0. The van der Waals surface area contributed by atoms with Gasteiger partial charge in [-0.3, -0.25) is 0 Å². The standard InChI is InChI=1S/C18H14O/c1-3-7-15(8-4-1)11-12-17-13-14-18(19-17)16-9-5-2-6-10-16/h1-14H. The molecule has 2 aromatic carbocycles. The lowest BCUT2D eigenvalue weighted by Crippen LogP contribution is -1.70. The molecule has 0 aliphatic carbocycles. The van der Waals surface area contributed by atoms with Crippen molar-refractivity contribution in [3.05, 3.63) is 84.1 Å². The van der Waals surface area contributed by atoms with Crippen LogP contribution in [0.3, 0.4) is 0 Å². The Kier molecular flexibility index (Phi) is 3.28. The van der Waals surface area contributed by atoms with Gasteiger partial charge in [-0.05, 0) is 23.8 Å². The molecule has 0 aliphatic heterocycles. The van der Waals surface area contributed by atoms with E-state index in [2.05, 4.69) is 12.1 Å². The molecule has 0 saturated carbocycles. The maximum Gasteiger partial charge on any atom is 0.134 e. The molecule has 0 fully saturated rings. The average Bonchev–Trinajstić information content (AvgIpc) is 2.96. The maximum atomic E-state index is 5.80. The Morgan fingerprint density at radius 3 is 2.05 bits per heavy atom. The second-order valence-corrected chi connectivity index (χ2v) is 4.31. The second kappa shape index (κ2) is 5.40. The van der Waals surface area contributed by atoms with Crippen molar-refractivity contribution in [1.29, 1.82) is 0 Å². The Labute approximate surface area is 112 Å². The molecule has 0 atom stereocenters. The van der Waals surface area contributed by atoms with Gasteiger partial charge in [0.1, 0.15) is 11.5 Å². The molecule has 0 bridgehead atoms. The van der Waals surface area contributed by atoms with E-state index in [1.165, 1.54) is 5.56 Å². The highest BCUT2D eigenvalue weighted by Crippen LogP contribution is 2.22. The van der Waals surface area contributed by atoms with Crippen molar-refractivity contribution in [2.75, 3.05) is 0 Å². The molecule has 0 saturated heterocycles. The molecule has 3 rings (SSSR count). The number of furan rings is 1. The van der Waals surface area contributed by atoms with Crippen LogP contribution >= 0.6 is 0 Å². The summed E-state index contributed by atoms with van der Waals surface area (Å²) in [6, 6.07) is 24.3. The van der Waals surface area contributed by atoms with Gasteiger partial charge in [0.2, 0.25) is 0 Å². The summed E-state index contributed by atoms with van der Waals surface area (Å²) in [7, 11) is 0. The van der Waals surface area contributed by atoms with Crippen molar-refractivity contribution in [3.8, 4) is 11.3 Å². The molecule has 0 radical (unpaired) electrons. The van der Waals surface area contributed by atoms with E-state index >= 15 is 0 Å². The fraction of sp³-hybridized carbons (Fsp3) is 0. The Morgan fingerprint density at radius 1 is 0.632 bits per heavy atom. The van der Waals surface area contributed by atoms with Crippen molar-refractivity contribution in [1.82, 2.24) is 0 Å². The van der Waals surface area contributed by atoms with Crippen LogP contribution < -0.4 is 0 Å². The van der Waals surface area contributed by atoms with Gasteiger partial charge in [-0.15, -0.1) is 0 Å². The Bertz CT molecular complexity index is 663. The summed E-state index contributed by atoms with van der Waals surface area (Å²) < 4.78 is 5.80. The van der Waals surface area contributed by atoms with Crippen LogP contribution in [0.25, 0.3) is 23.5 Å². The molecule has 1 aromatic heterocycles. The zero-order valence-electron chi connectivity index (χ0n) is 10.5. The number of benzene rings is 2.